The minimum atomic E-state index is -3.93. The van der Waals surface area contributed by atoms with Gasteiger partial charge >= 0.3 is 0 Å². The summed E-state index contributed by atoms with van der Waals surface area (Å²) in [7, 11) is -3.93. The first kappa shape index (κ1) is 22.5. The number of nitrogens with zero attached hydrogens (tertiary/aromatic N) is 4. The van der Waals surface area contributed by atoms with Gasteiger partial charge < -0.3 is 10.2 Å². The van der Waals surface area contributed by atoms with E-state index in [-0.39, 0.29) is 35.9 Å². The number of amides is 1. The molecule has 0 bridgehead atoms. The second-order valence-electron chi connectivity index (χ2n) is 8.07. The van der Waals surface area contributed by atoms with Crippen LogP contribution >= 0.6 is 0 Å². The quantitative estimate of drug-likeness (QED) is 0.725. The summed E-state index contributed by atoms with van der Waals surface area (Å²) in [5, 5.41) is 3.09. The highest BCUT2D eigenvalue weighted by atomic mass is 32.2. The van der Waals surface area contributed by atoms with Gasteiger partial charge in [-0.3, -0.25) is 4.79 Å². The minimum absolute atomic E-state index is 0.0615. The Kier molecular flexibility index (Phi) is 6.66. The van der Waals surface area contributed by atoms with E-state index < -0.39 is 21.7 Å². The molecule has 2 aromatic rings. The first-order valence-electron chi connectivity index (χ1n) is 10.6. The van der Waals surface area contributed by atoms with Gasteiger partial charge in [-0.25, -0.2) is 27.2 Å². The van der Waals surface area contributed by atoms with Gasteiger partial charge in [-0.2, -0.15) is 4.31 Å². The van der Waals surface area contributed by atoms with Crippen LogP contribution in [-0.2, 0) is 14.8 Å². The molecule has 0 atom stereocenters. The van der Waals surface area contributed by atoms with Crippen LogP contribution in [0.1, 0.15) is 25.7 Å². The average Bonchev–Trinajstić information content (AvgIpc) is 2.82. The third-order valence-electron chi connectivity index (χ3n) is 6.03. The van der Waals surface area contributed by atoms with Crippen LogP contribution in [0.5, 0.6) is 0 Å². The van der Waals surface area contributed by atoms with Crippen LogP contribution in [0.3, 0.4) is 0 Å². The maximum absolute atomic E-state index is 13.5. The van der Waals surface area contributed by atoms with Crippen LogP contribution in [0, 0.1) is 17.6 Å². The maximum Gasteiger partial charge on any atom is 0.243 e. The molecule has 1 amide bonds. The zero-order chi connectivity index (χ0) is 22.7. The van der Waals surface area contributed by atoms with Crippen LogP contribution in [0.2, 0.25) is 0 Å². The molecule has 2 saturated heterocycles. The first-order chi connectivity index (χ1) is 15.3. The molecule has 4 rings (SSSR count). The van der Waals surface area contributed by atoms with Gasteiger partial charge in [0.25, 0.3) is 0 Å². The molecule has 0 saturated carbocycles. The van der Waals surface area contributed by atoms with Crippen molar-refractivity contribution in [2.24, 2.45) is 5.92 Å². The molecule has 11 heteroatoms. The molecular weight excluding hydrogens is 440 g/mol. The second kappa shape index (κ2) is 9.45. The lowest BCUT2D eigenvalue weighted by Gasteiger charge is -2.34. The summed E-state index contributed by atoms with van der Waals surface area (Å²) in [4.78, 5) is 23.0. The molecule has 2 aliphatic rings. The van der Waals surface area contributed by atoms with Crippen LogP contribution in [0.4, 0.5) is 14.7 Å². The Morgan fingerprint density at radius 3 is 2.25 bits per heavy atom. The Hall–Kier alpha value is -2.66. The zero-order valence-electron chi connectivity index (χ0n) is 17.5. The highest BCUT2D eigenvalue weighted by Gasteiger charge is 2.33. The van der Waals surface area contributed by atoms with Gasteiger partial charge in [-0.05, 0) is 49.9 Å². The third-order valence-corrected chi connectivity index (χ3v) is 7.92. The van der Waals surface area contributed by atoms with Gasteiger partial charge in [0.1, 0.15) is 0 Å². The van der Waals surface area contributed by atoms with Gasteiger partial charge in [0.15, 0.2) is 11.6 Å². The van der Waals surface area contributed by atoms with Crippen molar-refractivity contribution in [2.75, 3.05) is 31.1 Å². The van der Waals surface area contributed by atoms with Crippen LogP contribution in [0.15, 0.2) is 41.6 Å². The molecule has 1 N–H and O–H groups in total. The number of rotatable bonds is 5. The Balaban J connectivity index is 1.27. The standard InChI is InChI=1S/C21H25F2N5O3S/c22-18-3-2-17(14-19(18)23)32(30,31)28-12-4-15(5-13-28)20(29)26-16-6-10-27(11-7-16)21-24-8-1-9-25-21/h1-3,8-9,14-16H,4-7,10-13H2,(H,26,29). The smallest absolute Gasteiger partial charge is 0.243 e. The van der Waals surface area contributed by atoms with E-state index in [1.54, 1.807) is 18.5 Å². The largest absolute Gasteiger partial charge is 0.353 e. The number of sulfonamides is 1. The van der Waals surface area contributed by atoms with Gasteiger partial charge in [0.2, 0.25) is 21.9 Å². The van der Waals surface area contributed by atoms with E-state index in [4.69, 9.17) is 0 Å². The maximum atomic E-state index is 13.5. The summed E-state index contributed by atoms with van der Waals surface area (Å²) in [6, 6.07) is 4.38. The van der Waals surface area contributed by atoms with Crippen molar-refractivity contribution in [2.45, 2.75) is 36.6 Å². The molecule has 1 aromatic carbocycles. The molecule has 0 spiro atoms. The Morgan fingerprint density at radius 1 is 0.969 bits per heavy atom. The fourth-order valence-electron chi connectivity index (χ4n) is 4.14. The number of hydrogen-bond acceptors (Lipinski definition) is 6. The minimum Gasteiger partial charge on any atom is -0.353 e. The van der Waals surface area contributed by atoms with Crippen molar-refractivity contribution in [3.8, 4) is 0 Å². The summed E-state index contributed by atoms with van der Waals surface area (Å²) < 4.78 is 53.3. The monoisotopic (exact) mass is 465 g/mol. The molecule has 172 valence electrons. The number of halogens is 2. The number of anilines is 1. The molecule has 2 aliphatic heterocycles. The average molecular weight is 466 g/mol. The molecule has 3 heterocycles. The summed E-state index contributed by atoms with van der Waals surface area (Å²) in [5.41, 5.74) is 0. The van der Waals surface area contributed by atoms with Gasteiger partial charge in [0, 0.05) is 50.5 Å². The van der Waals surface area contributed by atoms with E-state index in [2.05, 4.69) is 20.2 Å². The van der Waals surface area contributed by atoms with E-state index in [1.165, 1.54) is 4.31 Å². The predicted octanol–water partition coefficient (Wildman–Crippen LogP) is 1.94. The molecule has 8 nitrogen and oxygen atoms in total. The molecule has 32 heavy (non-hydrogen) atoms. The highest BCUT2D eigenvalue weighted by Crippen LogP contribution is 2.25. The summed E-state index contributed by atoms with van der Waals surface area (Å²) in [6.45, 7) is 1.81. The predicted molar refractivity (Wildman–Crippen MR) is 113 cm³/mol. The second-order valence-corrected chi connectivity index (χ2v) is 10.0. The fraction of sp³-hybridized carbons (Fsp3) is 0.476. The lowest BCUT2D eigenvalue weighted by atomic mass is 9.96. The summed E-state index contributed by atoms with van der Waals surface area (Å²) in [6.07, 6.45) is 5.74. The number of benzene rings is 1. The number of aromatic nitrogens is 2. The van der Waals surface area contributed by atoms with Crippen molar-refractivity contribution < 1.29 is 22.0 Å². The van der Waals surface area contributed by atoms with Crippen molar-refractivity contribution >= 4 is 21.9 Å². The molecule has 1 aromatic heterocycles. The van der Waals surface area contributed by atoms with Crippen LogP contribution in [-0.4, -0.2) is 60.8 Å². The van der Waals surface area contributed by atoms with Crippen LogP contribution in [0.25, 0.3) is 0 Å². The lowest BCUT2D eigenvalue weighted by Crippen LogP contribution is -2.49. The van der Waals surface area contributed by atoms with E-state index in [1.807, 2.05) is 0 Å². The SMILES string of the molecule is O=C(NC1CCN(c2ncccn2)CC1)C1CCN(S(=O)(=O)c2ccc(F)c(F)c2)CC1. The molecule has 0 aliphatic carbocycles. The van der Waals surface area contributed by atoms with Crippen molar-refractivity contribution in [3.63, 3.8) is 0 Å². The normalized spacial score (nSPS) is 19.1. The van der Waals surface area contributed by atoms with Crippen molar-refractivity contribution in [1.82, 2.24) is 19.6 Å². The van der Waals surface area contributed by atoms with Crippen LogP contribution < -0.4 is 10.2 Å². The molecule has 0 radical (unpaired) electrons. The molecular formula is C21H25F2N5O3S. The summed E-state index contributed by atoms with van der Waals surface area (Å²) >= 11 is 0. The summed E-state index contributed by atoms with van der Waals surface area (Å²) in [5.74, 6) is -1.95. The Labute approximate surface area is 185 Å². The fourth-order valence-corrected chi connectivity index (χ4v) is 5.62. The van der Waals surface area contributed by atoms with E-state index in [0.29, 0.717) is 24.9 Å². The Bertz CT molecular complexity index is 1050. The number of piperidine rings is 2. The van der Waals surface area contributed by atoms with Gasteiger partial charge in [0.05, 0.1) is 4.90 Å². The third kappa shape index (κ3) is 4.88. The Morgan fingerprint density at radius 2 is 1.62 bits per heavy atom. The topological polar surface area (TPSA) is 95.5 Å². The zero-order valence-corrected chi connectivity index (χ0v) is 18.3. The number of nitrogens with one attached hydrogen (secondary N) is 1. The van der Waals surface area contributed by atoms with Gasteiger partial charge in [-0.15, -0.1) is 0 Å². The number of carbonyl (C=O) groups excluding carboxylic acids is 1. The number of hydrogen-bond donors (Lipinski definition) is 1. The van der Waals surface area contributed by atoms with Crippen molar-refractivity contribution in [1.29, 1.82) is 0 Å². The van der Waals surface area contributed by atoms with Gasteiger partial charge in [-0.1, -0.05) is 0 Å². The van der Waals surface area contributed by atoms with E-state index in [0.717, 1.165) is 38.1 Å². The number of carbonyl (C=O) groups is 1. The molecule has 0 unspecified atom stereocenters. The van der Waals surface area contributed by atoms with Crippen molar-refractivity contribution in [3.05, 3.63) is 48.3 Å². The lowest BCUT2D eigenvalue weighted by molar-refractivity contribution is -0.127. The highest BCUT2D eigenvalue weighted by molar-refractivity contribution is 7.89. The molecule has 2 fully saturated rings. The first-order valence-corrected chi connectivity index (χ1v) is 12.1. The van der Waals surface area contributed by atoms with E-state index in [9.17, 15) is 22.0 Å². The van der Waals surface area contributed by atoms with E-state index >= 15 is 0 Å².